The first-order chi connectivity index (χ1) is 8.81. The van der Waals surface area contributed by atoms with Crippen LogP contribution in [0.1, 0.15) is 36.4 Å². The third kappa shape index (κ3) is 2.92. The van der Waals surface area contributed by atoms with E-state index in [1.807, 2.05) is 0 Å². The molecule has 1 unspecified atom stereocenters. The van der Waals surface area contributed by atoms with Gasteiger partial charge >= 0.3 is 0 Å². The second-order valence-electron chi connectivity index (χ2n) is 5.63. The summed E-state index contributed by atoms with van der Waals surface area (Å²) in [7, 11) is 0. The van der Waals surface area contributed by atoms with Gasteiger partial charge in [0.1, 0.15) is 0 Å². The molecule has 1 aromatic rings. The van der Waals surface area contributed by atoms with Crippen molar-refractivity contribution in [1.29, 1.82) is 0 Å². The molecule has 4 heteroatoms. The fourth-order valence-corrected chi connectivity index (χ4v) is 3.91. The molecule has 0 saturated carbocycles. The first-order valence-corrected chi connectivity index (χ1v) is 8.06. The van der Waals surface area contributed by atoms with Crippen molar-refractivity contribution in [1.82, 2.24) is 14.8 Å². The van der Waals surface area contributed by atoms with Crippen molar-refractivity contribution in [3.8, 4) is 0 Å². The predicted octanol–water partition coefficient (Wildman–Crippen LogP) is 2.51. The average Bonchev–Trinajstić information content (AvgIpc) is 2.66. The van der Waals surface area contributed by atoms with Crippen molar-refractivity contribution in [3.05, 3.63) is 16.1 Å². The van der Waals surface area contributed by atoms with E-state index in [0.29, 0.717) is 0 Å². The lowest BCUT2D eigenvalue weighted by atomic mass is 10.0. The number of thiazole rings is 1. The van der Waals surface area contributed by atoms with Gasteiger partial charge in [0.15, 0.2) is 0 Å². The second-order valence-corrected chi connectivity index (χ2v) is 6.69. The molecule has 1 atom stereocenters. The molecule has 0 bridgehead atoms. The molecule has 1 aromatic heterocycles. The molecule has 3 nitrogen and oxygen atoms in total. The number of aromatic nitrogens is 1. The molecular formula is C14H23N3S. The van der Waals surface area contributed by atoms with Crippen molar-refractivity contribution < 1.29 is 0 Å². The summed E-state index contributed by atoms with van der Waals surface area (Å²) < 4.78 is 0. The smallest absolute Gasteiger partial charge is 0.0897 e. The zero-order valence-electron chi connectivity index (χ0n) is 11.3. The van der Waals surface area contributed by atoms with Crippen LogP contribution in [0.2, 0.25) is 0 Å². The quantitative estimate of drug-likeness (QED) is 0.819. The Morgan fingerprint density at radius 1 is 1.28 bits per heavy atom. The number of aryl methyl sites for hydroxylation is 1. The minimum atomic E-state index is 0.806. The molecule has 2 saturated heterocycles. The van der Waals surface area contributed by atoms with Crippen molar-refractivity contribution >= 4 is 11.3 Å². The summed E-state index contributed by atoms with van der Waals surface area (Å²) in [6, 6.07) is 0.806. The molecule has 2 aliphatic rings. The molecule has 2 fully saturated rings. The van der Waals surface area contributed by atoms with Gasteiger partial charge in [-0.3, -0.25) is 9.80 Å². The van der Waals surface area contributed by atoms with Gasteiger partial charge < -0.3 is 0 Å². The van der Waals surface area contributed by atoms with Crippen molar-refractivity contribution in [2.45, 2.75) is 45.2 Å². The molecule has 18 heavy (non-hydrogen) atoms. The second kappa shape index (κ2) is 5.68. The first-order valence-electron chi connectivity index (χ1n) is 7.19. The van der Waals surface area contributed by atoms with Gasteiger partial charge in [-0.2, -0.15) is 0 Å². The van der Waals surface area contributed by atoms with E-state index in [1.54, 1.807) is 11.3 Å². The molecule has 3 rings (SSSR count). The van der Waals surface area contributed by atoms with Crippen LogP contribution in [0.5, 0.6) is 0 Å². The highest BCUT2D eigenvalue weighted by atomic mass is 32.1. The van der Waals surface area contributed by atoms with E-state index >= 15 is 0 Å². The third-order valence-corrected chi connectivity index (χ3v) is 5.01. The first kappa shape index (κ1) is 12.6. The number of piperidine rings is 1. The summed E-state index contributed by atoms with van der Waals surface area (Å²) in [5.74, 6) is 0. The van der Waals surface area contributed by atoms with Crippen LogP contribution in [0.4, 0.5) is 0 Å². The standard InChI is InChI=1S/C14H23N3S/c1-12-15-13(11-18-12)9-16-6-4-8-17-7-3-2-5-14(17)10-16/h11,14H,2-10H2,1H3. The maximum atomic E-state index is 4.60. The lowest BCUT2D eigenvalue weighted by Gasteiger charge is -2.35. The number of hydrogen-bond donors (Lipinski definition) is 0. The van der Waals surface area contributed by atoms with Crippen molar-refractivity contribution in [2.75, 3.05) is 26.2 Å². The van der Waals surface area contributed by atoms with Crippen LogP contribution < -0.4 is 0 Å². The summed E-state index contributed by atoms with van der Waals surface area (Å²) in [4.78, 5) is 9.94. The van der Waals surface area contributed by atoms with Gasteiger partial charge in [0.25, 0.3) is 0 Å². The van der Waals surface area contributed by atoms with E-state index in [0.717, 1.165) is 12.6 Å². The van der Waals surface area contributed by atoms with Crippen LogP contribution in [0, 0.1) is 6.92 Å². The molecule has 2 aliphatic heterocycles. The zero-order valence-corrected chi connectivity index (χ0v) is 12.1. The van der Waals surface area contributed by atoms with Crippen LogP contribution >= 0.6 is 11.3 Å². The lowest BCUT2D eigenvalue weighted by molar-refractivity contribution is 0.134. The maximum Gasteiger partial charge on any atom is 0.0897 e. The van der Waals surface area contributed by atoms with Gasteiger partial charge in [-0.1, -0.05) is 6.42 Å². The highest BCUT2D eigenvalue weighted by Crippen LogP contribution is 2.22. The molecule has 3 heterocycles. The van der Waals surface area contributed by atoms with E-state index in [2.05, 4.69) is 27.1 Å². The van der Waals surface area contributed by atoms with Gasteiger partial charge in [-0.05, 0) is 45.8 Å². The lowest BCUT2D eigenvalue weighted by Crippen LogP contribution is -2.43. The molecule has 100 valence electrons. The Hall–Kier alpha value is -0.450. The van der Waals surface area contributed by atoms with Crippen molar-refractivity contribution in [3.63, 3.8) is 0 Å². The van der Waals surface area contributed by atoms with Crippen LogP contribution in [-0.2, 0) is 6.54 Å². The average molecular weight is 265 g/mol. The SMILES string of the molecule is Cc1nc(CN2CCCN3CCCCC3C2)cs1. The number of hydrogen-bond acceptors (Lipinski definition) is 4. The topological polar surface area (TPSA) is 19.4 Å². The molecule has 0 N–H and O–H groups in total. The Kier molecular flexibility index (Phi) is 3.97. The van der Waals surface area contributed by atoms with Gasteiger partial charge in [-0.25, -0.2) is 4.98 Å². The Balaban J connectivity index is 1.62. The molecule has 0 radical (unpaired) electrons. The van der Waals surface area contributed by atoms with E-state index in [-0.39, 0.29) is 0 Å². The van der Waals surface area contributed by atoms with E-state index in [4.69, 9.17) is 0 Å². The van der Waals surface area contributed by atoms with Gasteiger partial charge in [-0.15, -0.1) is 11.3 Å². The Morgan fingerprint density at radius 2 is 2.17 bits per heavy atom. The largest absolute Gasteiger partial charge is 0.299 e. The highest BCUT2D eigenvalue weighted by Gasteiger charge is 2.27. The van der Waals surface area contributed by atoms with E-state index < -0.39 is 0 Å². The zero-order chi connectivity index (χ0) is 12.4. The summed E-state index contributed by atoms with van der Waals surface area (Å²) in [5, 5.41) is 3.41. The van der Waals surface area contributed by atoms with Crippen molar-refractivity contribution in [2.24, 2.45) is 0 Å². The summed E-state index contributed by atoms with van der Waals surface area (Å²) >= 11 is 1.77. The number of fused-ring (bicyclic) bond motifs is 1. The molecule has 0 amide bonds. The Labute approximate surface area is 114 Å². The Morgan fingerprint density at radius 3 is 3.00 bits per heavy atom. The Bertz CT molecular complexity index is 390. The predicted molar refractivity (Wildman–Crippen MR) is 76.0 cm³/mol. The van der Waals surface area contributed by atoms with E-state index in [1.165, 1.54) is 62.6 Å². The van der Waals surface area contributed by atoms with Crippen LogP contribution in [0.25, 0.3) is 0 Å². The third-order valence-electron chi connectivity index (χ3n) is 4.19. The number of rotatable bonds is 2. The van der Waals surface area contributed by atoms with Crippen LogP contribution in [0.3, 0.4) is 0 Å². The minimum absolute atomic E-state index is 0.806. The van der Waals surface area contributed by atoms with Crippen LogP contribution in [-0.4, -0.2) is 47.0 Å². The van der Waals surface area contributed by atoms with Crippen LogP contribution in [0.15, 0.2) is 5.38 Å². The van der Waals surface area contributed by atoms with Gasteiger partial charge in [0, 0.05) is 24.5 Å². The van der Waals surface area contributed by atoms with Gasteiger partial charge in [0.05, 0.1) is 10.7 Å². The fourth-order valence-electron chi connectivity index (χ4n) is 3.30. The fraction of sp³-hybridized carbons (Fsp3) is 0.786. The summed E-state index contributed by atoms with van der Waals surface area (Å²) in [5.41, 5.74) is 1.27. The number of nitrogens with zero attached hydrogens (tertiary/aromatic N) is 3. The maximum absolute atomic E-state index is 4.60. The molecule has 0 aromatic carbocycles. The minimum Gasteiger partial charge on any atom is -0.299 e. The van der Waals surface area contributed by atoms with E-state index in [9.17, 15) is 0 Å². The highest BCUT2D eigenvalue weighted by molar-refractivity contribution is 7.09. The monoisotopic (exact) mass is 265 g/mol. The molecule has 0 spiro atoms. The summed E-state index contributed by atoms with van der Waals surface area (Å²) in [6.07, 6.45) is 5.54. The summed E-state index contributed by atoms with van der Waals surface area (Å²) in [6.45, 7) is 8.26. The molecule has 0 aliphatic carbocycles. The molecular weight excluding hydrogens is 242 g/mol. The normalized spacial score (nSPS) is 26.8. The van der Waals surface area contributed by atoms with Gasteiger partial charge in [0.2, 0.25) is 0 Å².